The summed E-state index contributed by atoms with van der Waals surface area (Å²) in [5, 5.41) is 9.92. The van der Waals surface area contributed by atoms with Crippen molar-refractivity contribution in [1.29, 1.82) is 0 Å². The Morgan fingerprint density at radius 2 is 2.08 bits per heavy atom. The van der Waals surface area contributed by atoms with Gasteiger partial charge in [-0.1, -0.05) is 0 Å². The summed E-state index contributed by atoms with van der Waals surface area (Å²) in [5.41, 5.74) is 2.53. The zero-order valence-electron chi connectivity index (χ0n) is 13.6. The van der Waals surface area contributed by atoms with Gasteiger partial charge in [-0.2, -0.15) is 5.10 Å². The zero-order valence-corrected chi connectivity index (χ0v) is 15.3. The highest BCUT2D eigenvalue weighted by molar-refractivity contribution is 7.91. The van der Waals surface area contributed by atoms with Crippen LogP contribution in [0.4, 0.5) is 0 Å². The van der Waals surface area contributed by atoms with E-state index < -0.39 is 10.0 Å². The molecule has 2 aromatic rings. The minimum Gasteiger partial charge on any atom is -0.346 e. The van der Waals surface area contributed by atoms with Gasteiger partial charge in [-0.15, -0.1) is 11.3 Å². The topological polar surface area (TPSA) is 95.2 Å². The molecule has 1 amide bonds. The van der Waals surface area contributed by atoms with Gasteiger partial charge in [0, 0.05) is 30.2 Å². The van der Waals surface area contributed by atoms with Crippen molar-refractivity contribution in [3.63, 3.8) is 0 Å². The van der Waals surface area contributed by atoms with Crippen molar-refractivity contribution >= 4 is 27.3 Å². The molecule has 2 aromatic heterocycles. The summed E-state index contributed by atoms with van der Waals surface area (Å²) in [5.74, 6) is -0.222. The van der Waals surface area contributed by atoms with E-state index in [4.69, 9.17) is 0 Å². The average molecular weight is 368 g/mol. The second-order valence-electron chi connectivity index (χ2n) is 5.93. The molecule has 0 spiro atoms. The standard InChI is InChI=1S/C15H20N4O3S2/c1-19(2)24(21,22)13-8-7-10(23-13)9-16-15(20)14-11-5-3-4-6-12(11)17-18-14/h7-8H,3-6,9H2,1-2H3,(H,16,20)(H,17,18). The molecular weight excluding hydrogens is 348 g/mol. The third kappa shape index (κ3) is 3.24. The van der Waals surface area contributed by atoms with Crippen molar-refractivity contribution in [2.24, 2.45) is 0 Å². The number of nitrogens with zero attached hydrogens (tertiary/aromatic N) is 2. The van der Waals surface area contributed by atoms with E-state index >= 15 is 0 Å². The van der Waals surface area contributed by atoms with Crippen LogP contribution in [0.5, 0.6) is 0 Å². The number of aromatic nitrogens is 2. The smallest absolute Gasteiger partial charge is 0.272 e. The Balaban J connectivity index is 1.67. The average Bonchev–Trinajstić information content (AvgIpc) is 3.19. The van der Waals surface area contributed by atoms with Crippen molar-refractivity contribution in [1.82, 2.24) is 19.8 Å². The van der Waals surface area contributed by atoms with Gasteiger partial charge in [0.05, 0.1) is 6.54 Å². The van der Waals surface area contributed by atoms with E-state index in [9.17, 15) is 13.2 Å². The molecule has 130 valence electrons. The maximum atomic E-state index is 12.3. The molecule has 0 fully saturated rings. The molecule has 2 heterocycles. The summed E-state index contributed by atoms with van der Waals surface area (Å²) in [7, 11) is -0.434. The van der Waals surface area contributed by atoms with E-state index in [0.717, 1.165) is 53.2 Å². The number of nitrogens with one attached hydrogen (secondary N) is 2. The maximum Gasteiger partial charge on any atom is 0.272 e. The van der Waals surface area contributed by atoms with Crippen molar-refractivity contribution in [3.05, 3.63) is 34.0 Å². The number of aromatic amines is 1. The van der Waals surface area contributed by atoms with Crippen LogP contribution >= 0.6 is 11.3 Å². The predicted molar refractivity (Wildman–Crippen MR) is 91.6 cm³/mol. The van der Waals surface area contributed by atoms with Crippen molar-refractivity contribution in [2.45, 2.75) is 36.4 Å². The van der Waals surface area contributed by atoms with Gasteiger partial charge in [0.15, 0.2) is 5.69 Å². The second kappa shape index (κ2) is 6.66. The normalized spacial score (nSPS) is 14.6. The fraction of sp³-hybridized carbons (Fsp3) is 0.467. The molecule has 0 radical (unpaired) electrons. The lowest BCUT2D eigenvalue weighted by molar-refractivity contribution is 0.0945. The number of rotatable bonds is 5. The predicted octanol–water partition coefficient (Wildman–Crippen LogP) is 1.53. The molecule has 24 heavy (non-hydrogen) atoms. The third-order valence-corrected chi connectivity index (χ3v) is 7.43. The quantitative estimate of drug-likeness (QED) is 0.837. The van der Waals surface area contributed by atoms with Crippen LogP contribution in [-0.4, -0.2) is 42.9 Å². The first-order valence-electron chi connectivity index (χ1n) is 7.75. The Labute approximate surface area is 145 Å². The van der Waals surface area contributed by atoms with Gasteiger partial charge in [0.2, 0.25) is 0 Å². The number of carbonyl (C=O) groups is 1. The number of aryl methyl sites for hydroxylation is 1. The van der Waals surface area contributed by atoms with Gasteiger partial charge in [0.25, 0.3) is 15.9 Å². The van der Waals surface area contributed by atoms with E-state index in [1.165, 1.54) is 18.4 Å². The van der Waals surface area contributed by atoms with Crippen LogP contribution in [0.3, 0.4) is 0 Å². The Bertz CT molecular complexity index is 852. The van der Waals surface area contributed by atoms with Crippen LogP contribution in [0.25, 0.3) is 0 Å². The third-order valence-electron chi connectivity index (χ3n) is 4.07. The molecule has 0 saturated carbocycles. The van der Waals surface area contributed by atoms with Crippen LogP contribution in [0.1, 0.15) is 39.5 Å². The number of hydrogen-bond donors (Lipinski definition) is 2. The van der Waals surface area contributed by atoms with Crippen LogP contribution < -0.4 is 5.32 Å². The SMILES string of the molecule is CN(C)S(=O)(=O)c1ccc(CNC(=O)c2n[nH]c3c2CCCC3)s1. The molecule has 1 aliphatic rings. The molecule has 0 aliphatic heterocycles. The van der Waals surface area contributed by atoms with Crippen molar-refractivity contribution < 1.29 is 13.2 Å². The van der Waals surface area contributed by atoms with Gasteiger partial charge < -0.3 is 5.32 Å². The van der Waals surface area contributed by atoms with E-state index in [-0.39, 0.29) is 16.7 Å². The van der Waals surface area contributed by atoms with E-state index in [2.05, 4.69) is 15.5 Å². The molecule has 0 saturated heterocycles. The fourth-order valence-electron chi connectivity index (χ4n) is 2.69. The number of H-pyrrole nitrogens is 1. The van der Waals surface area contributed by atoms with Crippen LogP contribution in [0.2, 0.25) is 0 Å². The summed E-state index contributed by atoms with van der Waals surface area (Å²) in [4.78, 5) is 13.1. The Morgan fingerprint density at radius 1 is 1.33 bits per heavy atom. The number of sulfonamides is 1. The van der Waals surface area contributed by atoms with Crippen molar-refractivity contribution in [2.75, 3.05) is 14.1 Å². The van der Waals surface area contributed by atoms with Gasteiger partial charge >= 0.3 is 0 Å². The Morgan fingerprint density at radius 3 is 2.83 bits per heavy atom. The fourth-order valence-corrected chi connectivity index (χ4v) is 5.16. The first-order valence-corrected chi connectivity index (χ1v) is 10.0. The number of carbonyl (C=O) groups excluding carboxylic acids is 1. The highest BCUT2D eigenvalue weighted by Crippen LogP contribution is 2.24. The van der Waals surface area contributed by atoms with E-state index in [1.54, 1.807) is 12.1 Å². The Kier molecular flexibility index (Phi) is 4.75. The molecule has 0 bridgehead atoms. The number of thiophene rings is 1. The summed E-state index contributed by atoms with van der Waals surface area (Å²) in [6.07, 6.45) is 4.00. The molecule has 7 nitrogen and oxygen atoms in total. The Hall–Kier alpha value is -1.71. The molecule has 9 heteroatoms. The van der Waals surface area contributed by atoms with Gasteiger partial charge in [-0.3, -0.25) is 9.89 Å². The summed E-state index contributed by atoms with van der Waals surface area (Å²) in [6, 6.07) is 3.29. The molecule has 0 unspecified atom stereocenters. The lowest BCUT2D eigenvalue weighted by atomic mass is 9.96. The van der Waals surface area contributed by atoms with E-state index in [0.29, 0.717) is 5.69 Å². The minimum atomic E-state index is -3.43. The monoisotopic (exact) mass is 368 g/mol. The molecule has 1 aliphatic carbocycles. The summed E-state index contributed by atoms with van der Waals surface area (Å²) < 4.78 is 25.6. The summed E-state index contributed by atoms with van der Waals surface area (Å²) in [6.45, 7) is 0.286. The molecule has 2 N–H and O–H groups in total. The van der Waals surface area contributed by atoms with Gasteiger partial charge in [-0.05, 0) is 37.8 Å². The largest absolute Gasteiger partial charge is 0.346 e. The maximum absolute atomic E-state index is 12.3. The van der Waals surface area contributed by atoms with Gasteiger partial charge in [-0.25, -0.2) is 12.7 Å². The van der Waals surface area contributed by atoms with Crippen molar-refractivity contribution in [3.8, 4) is 0 Å². The van der Waals surface area contributed by atoms with Crippen LogP contribution in [-0.2, 0) is 29.4 Å². The summed E-state index contributed by atoms with van der Waals surface area (Å²) >= 11 is 1.16. The van der Waals surface area contributed by atoms with Crippen LogP contribution in [0.15, 0.2) is 16.3 Å². The molecule has 0 aromatic carbocycles. The second-order valence-corrected chi connectivity index (χ2v) is 9.47. The zero-order chi connectivity index (χ0) is 17.3. The van der Waals surface area contributed by atoms with Crippen LogP contribution in [0, 0.1) is 0 Å². The highest BCUT2D eigenvalue weighted by Gasteiger charge is 2.22. The first-order chi connectivity index (χ1) is 11.4. The lowest BCUT2D eigenvalue weighted by Crippen LogP contribution is -2.24. The number of fused-ring (bicyclic) bond motifs is 1. The molecular formula is C15H20N4O3S2. The molecule has 3 rings (SSSR count). The van der Waals surface area contributed by atoms with E-state index in [1.807, 2.05) is 0 Å². The molecule has 0 atom stereocenters. The number of hydrogen-bond acceptors (Lipinski definition) is 5. The number of amides is 1. The highest BCUT2D eigenvalue weighted by atomic mass is 32.2. The first kappa shape index (κ1) is 17.1. The lowest BCUT2D eigenvalue weighted by Gasteiger charge is -2.11. The van der Waals surface area contributed by atoms with Gasteiger partial charge in [0.1, 0.15) is 4.21 Å². The minimum absolute atomic E-state index is 0.222.